The third-order valence-electron chi connectivity index (χ3n) is 4.23. The Morgan fingerprint density at radius 3 is 2.33 bits per heavy atom. The van der Waals surface area contributed by atoms with Crippen molar-refractivity contribution >= 4 is 23.7 Å². The zero-order valence-electron chi connectivity index (χ0n) is 17.3. The number of hydrogen-bond acceptors (Lipinski definition) is 5. The van der Waals surface area contributed by atoms with E-state index in [1.807, 2.05) is 6.07 Å². The Morgan fingerprint density at radius 1 is 1.00 bits per heavy atom. The lowest BCUT2D eigenvalue weighted by molar-refractivity contribution is -0.130. The lowest BCUT2D eigenvalue weighted by atomic mass is 10.1. The van der Waals surface area contributed by atoms with Gasteiger partial charge in [0, 0.05) is 17.3 Å². The molecule has 7 heteroatoms. The second-order valence-corrected chi connectivity index (χ2v) is 8.19. The second kappa shape index (κ2) is 8.98. The molecule has 2 N–H and O–H groups in total. The van der Waals surface area contributed by atoms with Crippen molar-refractivity contribution in [2.24, 2.45) is 0 Å². The summed E-state index contributed by atoms with van der Waals surface area (Å²) in [5.74, 6) is -1.01. The van der Waals surface area contributed by atoms with Crippen molar-refractivity contribution in [1.82, 2.24) is 5.32 Å². The maximum atomic E-state index is 12.8. The van der Waals surface area contributed by atoms with E-state index < -0.39 is 23.8 Å². The fourth-order valence-corrected chi connectivity index (χ4v) is 2.73. The smallest absolute Gasteiger partial charge is 0.412 e. The summed E-state index contributed by atoms with van der Waals surface area (Å²) in [6, 6.07) is 15.3. The number of amides is 2. The van der Waals surface area contributed by atoms with Gasteiger partial charge in [-0.3, -0.25) is 10.1 Å². The summed E-state index contributed by atoms with van der Waals surface area (Å²) in [7, 11) is 0. The Hall–Kier alpha value is -3.35. The van der Waals surface area contributed by atoms with Crippen molar-refractivity contribution in [3.63, 3.8) is 0 Å². The van der Waals surface area contributed by atoms with Gasteiger partial charge in [-0.1, -0.05) is 36.4 Å². The summed E-state index contributed by atoms with van der Waals surface area (Å²) in [5, 5.41) is 5.47. The number of rotatable bonds is 6. The van der Waals surface area contributed by atoms with E-state index in [-0.39, 0.29) is 17.5 Å². The van der Waals surface area contributed by atoms with Crippen LogP contribution in [0.5, 0.6) is 0 Å². The normalized spacial score (nSPS) is 14.4. The first-order valence-corrected chi connectivity index (χ1v) is 9.88. The third kappa shape index (κ3) is 6.34. The maximum Gasteiger partial charge on any atom is 0.412 e. The molecule has 0 radical (unpaired) electrons. The van der Waals surface area contributed by atoms with E-state index in [4.69, 9.17) is 9.47 Å². The summed E-state index contributed by atoms with van der Waals surface area (Å²) in [4.78, 5) is 37.4. The molecule has 1 fully saturated rings. The van der Waals surface area contributed by atoms with Crippen LogP contribution in [-0.4, -0.2) is 29.6 Å². The molecule has 0 aliphatic heterocycles. The van der Waals surface area contributed by atoms with E-state index >= 15 is 0 Å². The maximum absolute atomic E-state index is 12.8. The summed E-state index contributed by atoms with van der Waals surface area (Å²) in [6.45, 7) is 5.28. The van der Waals surface area contributed by atoms with Crippen molar-refractivity contribution in [3.05, 3.63) is 65.7 Å². The Kier molecular flexibility index (Phi) is 6.40. The topological polar surface area (TPSA) is 93.7 Å². The minimum atomic E-state index is -1.05. The zero-order chi connectivity index (χ0) is 21.7. The molecule has 1 unspecified atom stereocenters. The van der Waals surface area contributed by atoms with E-state index in [1.165, 1.54) is 6.07 Å². The molecule has 158 valence electrons. The molecule has 2 aromatic carbocycles. The number of benzene rings is 2. The van der Waals surface area contributed by atoms with Crippen LogP contribution in [0.1, 0.15) is 55.6 Å². The molecule has 0 heterocycles. The lowest BCUT2D eigenvalue weighted by Crippen LogP contribution is -2.33. The monoisotopic (exact) mass is 410 g/mol. The fraction of sp³-hybridized carbons (Fsp3) is 0.348. The fourth-order valence-electron chi connectivity index (χ4n) is 2.73. The lowest BCUT2D eigenvalue weighted by Gasteiger charge is -2.20. The standard InChI is InChI=1S/C23H26N2O5/c1-23(2,3)30-22(28)25-18-11-7-10-16(14-18)21(27)29-19(15-8-5-4-6-9-15)20(26)24-17-12-13-17/h4-11,14,17,19H,12-13H2,1-3H3,(H,24,26)(H,25,28). The minimum Gasteiger partial charge on any atom is -0.444 e. The number of anilines is 1. The SMILES string of the molecule is CC(C)(C)OC(=O)Nc1cccc(C(=O)OC(C(=O)NC2CC2)c2ccccc2)c1. The molecular formula is C23H26N2O5. The van der Waals surface area contributed by atoms with E-state index in [1.54, 1.807) is 63.2 Å². The first kappa shape index (κ1) is 21.4. The molecular weight excluding hydrogens is 384 g/mol. The van der Waals surface area contributed by atoms with Crippen LogP contribution in [0.15, 0.2) is 54.6 Å². The second-order valence-electron chi connectivity index (χ2n) is 8.19. The third-order valence-corrected chi connectivity index (χ3v) is 4.23. The number of hydrogen-bond donors (Lipinski definition) is 2. The van der Waals surface area contributed by atoms with Crippen LogP contribution in [0.2, 0.25) is 0 Å². The molecule has 0 saturated heterocycles. The van der Waals surface area contributed by atoms with E-state index in [9.17, 15) is 14.4 Å². The number of ether oxygens (including phenoxy) is 2. The van der Waals surface area contributed by atoms with E-state index in [0.29, 0.717) is 11.3 Å². The van der Waals surface area contributed by atoms with Gasteiger partial charge in [-0.2, -0.15) is 0 Å². The van der Waals surface area contributed by atoms with Gasteiger partial charge in [0.25, 0.3) is 5.91 Å². The van der Waals surface area contributed by atoms with Gasteiger partial charge >= 0.3 is 12.1 Å². The molecule has 0 bridgehead atoms. The number of carbonyl (C=O) groups is 3. The van der Waals surface area contributed by atoms with Crippen LogP contribution in [-0.2, 0) is 14.3 Å². The average Bonchev–Trinajstić information content (AvgIpc) is 3.49. The minimum absolute atomic E-state index is 0.142. The molecule has 1 aliphatic carbocycles. The van der Waals surface area contributed by atoms with Gasteiger partial charge in [-0.05, 0) is 51.8 Å². The molecule has 1 aliphatic rings. The number of esters is 1. The van der Waals surface area contributed by atoms with E-state index in [0.717, 1.165) is 12.8 Å². The number of carbonyl (C=O) groups excluding carboxylic acids is 3. The molecule has 7 nitrogen and oxygen atoms in total. The summed E-state index contributed by atoms with van der Waals surface area (Å²) >= 11 is 0. The number of nitrogens with one attached hydrogen (secondary N) is 2. The van der Waals surface area contributed by atoms with Crippen LogP contribution in [0.3, 0.4) is 0 Å². The molecule has 30 heavy (non-hydrogen) atoms. The van der Waals surface area contributed by atoms with Crippen LogP contribution in [0.25, 0.3) is 0 Å². The molecule has 2 amide bonds. The molecule has 2 aromatic rings. The van der Waals surface area contributed by atoms with Gasteiger partial charge in [-0.25, -0.2) is 9.59 Å². The summed E-state index contributed by atoms with van der Waals surface area (Å²) in [5.41, 5.74) is 0.548. The molecule has 1 saturated carbocycles. The van der Waals surface area contributed by atoms with Crippen molar-refractivity contribution in [3.8, 4) is 0 Å². The highest BCUT2D eigenvalue weighted by Gasteiger charge is 2.31. The van der Waals surface area contributed by atoms with Crippen LogP contribution in [0.4, 0.5) is 10.5 Å². The zero-order valence-corrected chi connectivity index (χ0v) is 17.3. The first-order chi connectivity index (χ1) is 14.2. The van der Waals surface area contributed by atoms with Gasteiger partial charge in [-0.15, -0.1) is 0 Å². The van der Waals surface area contributed by atoms with Crippen molar-refractivity contribution in [2.75, 3.05) is 5.32 Å². The highest BCUT2D eigenvalue weighted by molar-refractivity contribution is 5.94. The van der Waals surface area contributed by atoms with Crippen molar-refractivity contribution in [1.29, 1.82) is 0 Å². The average molecular weight is 410 g/mol. The van der Waals surface area contributed by atoms with Crippen LogP contribution in [0, 0.1) is 0 Å². The highest BCUT2D eigenvalue weighted by Crippen LogP contribution is 2.24. The van der Waals surface area contributed by atoms with Gasteiger partial charge in [0.1, 0.15) is 5.60 Å². The first-order valence-electron chi connectivity index (χ1n) is 9.88. The van der Waals surface area contributed by atoms with Crippen molar-refractivity contribution in [2.45, 2.75) is 51.4 Å². The predicted molar refractivity (Wildman–Crippen MR) is 112 cm³/mol. The van der Waals surface area contributed by atoms with Crippen LogP contribution < -0.4 is 10.6 Å². The Bertz CT molecular complexity index is 917. The Morgan fingerprint density at radius 2 is 1.70 bits per heavy atom. The summed E-state index contributed by atoms with van der Waals surface area (Å²) in [6.07, 6.45) is 0.180. The molecule has 3 rings (SSSR count). The molecule has 0 aromatic heterocycles. The van der Waals surface area contributed by atoms with Crippen LogP contribution >= 0.6 is 0 Å². The van der Waals surface area contributed by atoms with Gasteiger partial charge in [0.2, 0.25) is 6.10 Å². The Balaban J connectivity index is 1.72. The van der Waals surface area contributed by atoms with E-state index in [2.05, 4.69) is 10.6 Å². The van der Waals surface area contributed by atoms with Gasteiger partial charge in [0.05, 0.1) is 5.56 Å². The highest BCUT2D eigenvalue weighted by atomic mass is 16.6. The molecule has 1 atom stereocenters. The largest absolute Gasteiger partial charge is 0.444 e. The Labute approximate surface area is 175 Å². The van der Waals surface area contributed by atoms with Gasteiger partial charge in [0.15, 0.2) is 0 Å². The summed E-state index contributed by atoms with van der Waals surface area (Å²) < 4.78 is 10.8. The van der Waals surface area contributed by atoms with Gasteiger partial charge < -0.3 is 14.8 Å². The quantitative estimate of drug-likeness (QED) is 0.696. The molecule has 0 spiro atoms. The predicted octanol–water partition coefficient (Wildman–Crippen LogP) is 4.21. The van der Waals surface area contributed by atoms with Crippen molar-refractivity contribution < 1.29 is 23.9 Å².